The number of hydrogen-bond donors (Lipinski definition) is 0. The highest BCUT2D eigenvalue weighted by atomic mass is 32.2. The molecule has 0 N–H and O–H groups in total. The Morgan fingerprint density at radius 2 is 1.62 bits per heavy atom. The van der Waals surface area contributed by atoms with Gasteiger partial charge in [-0.05, 0) is 36.4 Å². The minimum absolute atomic E-state index is 0.0445. The second-order valence-electron chi connectivity index (χ2n) is 7.06. The number of rotatable bonds is 5. The van der Waals surface area contributed by atoms with E-state index in [4.69, 9.17) is 9.47 Å². The number of nitrogens with zero attached hydrogens (tertiary/aromatic N) is 2. The fourth-order valence-corrected chi connectivity index (χ4v) is 5.07. The van der Waals surface area contributed by atoms with Crippen LogP contribution in [0.4, 0.5) is 4.39 Å². The number of para-hydroxylation sites is 1. The number of amides is 1. The summed E-state index contributed by atoms with van der Waals surface area (Å²) in [6, 6.07) is 13.8. The van der Waals surface area contributed by atoms with Gasteiger partial charge in [0.15, 0.2) is 6.61 Å². The molecule has 2 saturated heterocycles. The van der Waals surface area contributed by atoms with Crippen molar-refractivity contribution >= 4 is 15.9 Å². The van der Waals surface area contributed by atoms with Crippen LogP contribution in [0.15, 0.2) is 59.5 Å². The fraction of sp³-hybridized carbons (Fsp3) is 0.350. The summed E-state index contributed by atoms with van der Waals surface area (Å²) >= 11 is 0. The van der Waals surface area contributed by atoms with E-state index in [2.05, 4.69) is 0 Å². The molecule has 2 unspecified atom stereocenters. The number of halogens is 1. The molecule has 29 heavy (non-hydrogen) atoms. The molecule has 0 spiro atoms. The Balaban J connectivity index is 1.38. The van der Waals surface area contributed by atoms with Crippen LogP contribution in [-0.4, -0.2) is 68.5 Å². The zero-order valence-corrected chi connectivity index (χ0v) is 16.4. The lowest BCUT2D eigenvalue weighted by atomic mass is 10.1. The molecule has 1 amide bonds. The van der Waals surface area contributed by atoms with Gasteiger partial charge >= 0.3 is 0 Å². The van der Waals surface area contributed by atoms with Crippen LogP contribution in [0.5, 0.6) is 5.75 Å². The summed E-state index contributed by atoms with van der Waals surface area (Å²) in [6.45, 7) is 0.784. The van der Waals surface area contributed by atoms with Crippen molar-refractivity contribution < 1.29 is 27.1 Å². The van der Waals surface area contributed by atoms with Gasteiger partial charge in [0.1, 0.15) is 11.6 Å². The first-order chi connectivity index (χ1) is 13.9. The molecule has 154 valence electrons. The molecule has 2 aliphatic rings. The quantitative estimate of drug-likeness (QED) is 0.733. The zero-order chi connectivity index (χ0) is 20.4. The number of benzene rings is 2. The Bertz CT molecular complexity index is 954. The third-order valence-electron chi connectivity index (χ3n) is 4.96. The maximum absolute atomic E-state index is 13.1. The van der Waals surface area contributed by atoms with Crippen LogP contribution >= 0.6 is 0 Å². The van der Waals surface area contributed by atoms with E-state index in [1.54, 1.807) is 17.0 Å². The summed E-state index contributed by atoms with van der Waals surface area (Å²) in [7, 11) is -3.75. The molecule has 2 bridgehead atoms. The van der Waals surface area contributed by atoms with E-state index in [1.807, 2.05) is 18.2 Å². The molecular formula is C20H21FN2O5S. The summed E-state index contributed by atoms with van der Waals surface area (Å²) in [5.41, 5.74) is 0. The van der Waals surface area contributed by atoms with Crippen LogP contribution in [0, 0.1) is 5.82 Å². The number of morpholine rings is 2. The third-order valence-corrected chi connectivity index (χ3v) is 6.80. The molecule has 9 heteroatoms. The Morgan fingerprint density at radius 1 is 1.00 bits per heavy atom. The molecule has 2 fully saturated rings. The van der Waals surface area contributed by atoms with Gasteiger partial charge in [-0.15, -0.1) is 0 Å². The molecule has 4 rings (SSSR count). The Hall–Kier alpha value is -2.49. The van der Waals surface area contributed by atoms with Crippen molar-refractivity contribution in [2.24, 2.45) is 0 Å². The molecule has 2 aromatic carbocycles. The molecule has 0 saturated carbocycles. The van der Waals surface area contributed by atoms with Crippen LogP contribution in [-0.2, 0) is 19.6 Å². The van der Waals surface area contributed by atoms with Crippen molar-refractivity contribution in [3.63, 3.8) is 0 Å². The van der Waals surface area contributed by atoms with Gasteiger partial charge in [0, 0.05) is 26.2 Å². The van der Waals surface area contributed by atoms with Gasteiger partial charge in [-0.3, -0.25) is 4.79 Å². The van der Waals surface area contributed by atoms with Crippen LogP contribution in [0.2, 0.25) is 0 Å². The molecule has 2 aliphatic heterocycles. The normalized spacial score (nSPS) is 22.3. The number of fused-ring (bicyclic) bond motifs is 2. The first kappa shape index (κ1) is 19.8. The molecule has 0 radical (unpaired) electrons. The minimum atomic E-state index is -3.75. The smallest absolute Gasteiger partial charge is 0.260 e. The topological polar surface area (TPSA) is 76.2 Å². The predicted molar refractivity (Wildman–Crippen MR) is 102 cm³/mol. The Morgan fingerprint density at radius 3 is 2.24 bits per heavy atom. The van der Waals surface area contributed by atoms with Crippen LogP contribution in [0.3, 0.4) is 0 Å². The number of hydrogen-bond acceptors (Lipinski definition) is 5. The maximum atomic E-state index is 13.1. The zero-order valence-electron chi connectivity index (χ0n) is 15.6. The molecule has 2 atom stereocenters. The lowest BCUT2D eigenvalue weighted by Crippen LogP contribution is -2.61. The average Bonchev–Trinajstić information content (AvgIpc) is 2.72. The lowest BCUT2D eigenvalue weighted by Gasteiger charge is -2.45. The van der Waals surface area contributed by atoms with Crippen LogP contribution < -0.4 is 4.74 Å². The summed E-state index contributed by atoms with van der Waals surface area (Å²) in [4.78, 5) is 14.2. The lowest BCUT2D eigenvalue weighted by molar-refractivity contribution is -0.156. The van der Waals surface area contributed by atoms with Crippen molar-refractivity contribution in [2.75, 3.05) is 32.8 Å². The second kappa shape index (κ2) is 8.10. The van der Waals surface area contributed by atoms with Crippen LogP contribution in [0.1, 0.15) is 0 Å². The number of carbonyl (C=O) groups is 1. The van der Waals surface area contributed by atoms with Crippen LogP contribution in [0.25, 0.3) is 0 Å². The Labute approximate surface area is 168 Å². The first-order valence-electron chi connectivity index (χ1n) is 9.28. The van der Waals surface area contributed by atoms with E-state index >= 15 is 0 Å². The molecule has 2 aromatic rings. The second-order valence-corrected chi connectivity index (χ2v) is 8.99. The highest BCUT2D eigenvalue weighted by Gasteiger charge is 2.41. The SMILES string of the molecule is O=C(COc1ccccc1)N1CC2CN(S(=O)(=O)c3ccc(F)cc3)CC(C1)O2. The van der Waals surface area contributed by atoms with Gasteiger partial charge in [-0.1, -0.05) is 18.2 Å². The van der Waals surface area contributed by atoms with E-state index in [1.165, 1.54) is 16.4 Å². The summed E-state index contributed by atoms with van der Waals surface area (Å²) in [6.07, 6.45) is -0.836. The molecule has 2 heterocycles. The standard InChI is InChI=1S/C20H21FN2O5S/c21-15-6-8-19(9-7-15)29(25,26)23-12-17-10-22(11-18(13-23)28-17)20(24)14-27-16-4-2-1-3-5-16/h1-9,17-18H,10-14H2. The summed E-state index contributed by atoms with van der Waals surface area (Å²) < 4.78 is 51.5. The molecule has 0 aliphatic carbocycles. The number of sulfonamides is 1. The van der Waals surface area contributed by atoms with Gasteiger partial charge in [0.2, 0.25) is 10.0 Å². The highest BCUT2D eigenvalue weighted by Crippen LogP contribution is 2.25. The minimum Gasteiger partial charge on any atom is -0.484 e. The highest BCUT2D eigenvalue weighted by molar-refractivity contribution is 7.89. The van der Waals surface area contributed by atoms with E-state index in [9.17, 15) is 17.6 Å². The first-order valence-corrected chi connectivity index (χ1v) is 10.7. The molecule has 0 aromatic heterocycles. The van der Waals surface area contributed by atoms with E-state index < -0.39 is 28.0 Å². The predicted octanol–water partition coefficient (Wildman–Crippen LogP) is 1.51. The van der Waals surface area contributed by atoms with Crippen molar-refractivity contribution in [1.82, 2.24) is 9.21 Å². The van der Waals surface area contributed by atoms with Gasteiger partial charge in [-0.25, -0.2) is 12.8 Å². The van der Waals surface area contributed by atoms with Crippen molar-refractivity contribution in [3.05, 3.63) is 60.4 Å². The number of carbonyl (C=O) groups excluding carboxylic acids is 1. The Kier molecular flexibility index (Phi) is 5.53. The van der Waals surface area contributed by atoms with E-state index in [-0.39, 0.29) is 30.5 Å². The van der Waals surface area contributed by atoms with Gasteiger partial charge < -0.3 is 14.4 Å². The maximum Gasteiger partial charge on any atom is 0.260 e. The van der Waals surface area contributed by atoms with Gasteiger partial charge in [0.25, 0.3) is 5.91 Å². The van der Waals surface area contributed by atoms with E-state index in [0.717, 1.165) is 12.1 Å². The summed E-state index contributed by atoms with van der Waals surface area (Å²) in [5, 5.41) is 0. The van der Waals surface area contributed by atoms with Gasteiger partial charge in [0.05, 0.1) is 17.1 Å². The fourth-order valence-electron chi connectivity index (χ4n) is 3.56. The van der Waals surface area contributed by atoms with Gasteiger partial charge in [-0.2, -0.15) is 4.31 Å². The van der Waals surface area contributed by atoms with Crippen molar-refractivity contribution in [2.45, 2.75) is 17.1 Å². The van der Waals surface area contributed by atoms with Crippen molar-refractivity contribution in [1.29, 1.82) is 0 Å². The largest absolute Gasteiger partial charge is 0.484 e. The number of ether oxygens (including phenoxy) is 2. The van der Waals surface area contributed by atoms with Crippen molar-refractivity contribution in [3.8, 4) is 5.75 Å². The molecular weight excluding hydrogens is 399 g/mol. The average molecular weight is 420 g/mol. The molecule has 7 nitrogen and oxygen atoms in total. The third kappa shape index (κ3) is 4.42. The monoisotopic (exact) mass is 420 g/mol. The van der Waals surface area contributed by atoms with E-state index in [0.29, 0.717) is 18.8 Å². The summed E-state index contributed by atoms with van der Waals surface area (Å²) in [5.74, 6) is -0.0393.